The Morgan fingerprint density at radius 3 is 2.77 bits per heavy atom. The van der Waals surface area contributed by atoms with Crippen LogP contribution in [0, 0.1) is 12.8 Å². The van der Waals surface area contributed by atoms with Gasteiger partial charge in [0.1, 0.15) is 0 Å². The molecule has 0 bridgehead atoms. The van der Waals surface area contributed by atoms with Gasteiger partial charge < -0.3 is 0 Å². The number of rotatable bonds is 3. The Kier molecular flexibility index (Phi) is 2.09. The van der Waals surface area contributed by atoms with Crippen molar-refractivity contribution in [2.24, 2.45) is 18.8 Å². The molecule has 4 heteroatoms. The Balaban J connectivity index is 2.30. The predicted molar refractivity (Wildman–Crippen MR) is 50.7 cm³/mol. The van der Waals surface area contributed by atoms with E-state index >= 15 is 0 Å². The van der Waals surface area contributed by atoms with Crippen LogP contribution in [0.25, 0.3) is 0 Å². The first kappa shape index (κ1) is 8.72. The second kappa shape index (κ2) is 3.12. The molecule has 0 aromatic carbocycles. The normalized spacial score (nSPS) is 19.0. The van der Waals surface area contributed by atoms with Crippen molar-refractivity contribution in [3.8, 4) is 0 Å². The highest BCUT2D eigenvalue weighted by molar-refractivity contribution is 5.21. The van der Waals surface area contributed by atoms with Gasteiger partial charge in [-0.15, -0.1) is 0 Å². The van der Waals surface area contributed by atoms with Gasteiger partial charge in [-0.1, -0.05) is 0 Å². The van der Waals surface area contributed by atoms with E-state index in [-0.39, 0.29) is 6.04 Å². The van der Waals surface area contributed by atoms with Crippen molar-refractivity contribution < 1.29 is 0 Å². The van der Waals surface area contributed by atoms with Crippen molar-refractivity contribution in [2.45, 2.75) is 25.8 Å². The fourth-order valence-corrected chi connectivity index (χ4v) is 1.87. The highest BCUT2D eigenvalue weighted by atomic mass is 15.3. The zero-order valence-corrected chi connectivity index (χ0v) is 8.12. The van der Waals surface area contributed by atoms with Crippen LogP contribution in [0.4, 0.5) is 0 Å². The van der Waals surface area contributed by atoms with E-state index in [0.29, 0.717) is 5.92 Å². The number of hydrogen-bond acceptors (Lipinski definition) is 3. The van der Waals surface area contributed by atoms with Crippen molar-refractivity contribution in [3.05, 3.63) is 17.5 Å². The molecule has 1 atom stereocenters. The van der Waals surface area contributed by atoms with Crippen LogP contribution < -0.4 is 11.3 Å². The molecule has 0 spiro atoms. The van der Waals surface area contributed by atoms with Crippen LogP contribution in [0.15, 0.2) is 6.20 Å². The molecule has 1 saturated carbocycles. The van der Waals surface area contributed by atoms with E-state index in [1.165, 1.54) is 24.1 Å². The Bertz CT molecular complexity index is 281. The molecule has 1 aromatic heterocycles. The van der Waals surface area contributed by atoms with Crippen molar-refractivity contribution in [1.29, 1.82) is 0 Å². The number of aryl methyl sites for hydroxylation is 2. The van der Waals surface area contributed by atoms with Gasteiger partial charge >= 0.3 is 0 Å². The Morgan fingerprint density at radius 1 is 1.69 bits per heavy atom. The average Bonchev–Trinajstić information content (AvgIpc) is 2.88. The molecule has 13 heavy (non-hydrogen) atoms. The van der Waals surface area contributed by atoms with Gasteiger partial charge in [0.15, 0.2) is 0 Å². The Hall–Kier alpha value is -0.870. The van der Waals surface area contributed by atoms with E-state index in [1.807, 2.05) is 17.9 Å². The fourth-order valence-electron chi connectivity index (χ4n) is 1.87. The molecule has 72 valence electrons. The molecule has 4 nitrogen and oxygen atoms in total. The third-order valence-electron chi connectivity index (χ3n) is 2.74. The van der Waals surface area contributed by atoms with Crippen molar-refractivity contribution in [3.63, 3.8) is 0 Å². The minimum absolute atomic E-state index is 0.285. The molecule has 1 fully saturated rings. The van der Waals surface area contributed by atoms with Crippen LogP contribution in [0.1, 0.15) is 30.1 Å². The van der Waals surface area contributed by atoms with Gasteiger partial charge in [0.05, 0.1) is 17.9 Å². The summed E-state index contributed by atoms with van der Waals surface area (Å²) >= 11 is 0. The number of nitrogens with one attached hydrogen (secondary N) is 1. The molecule has 2 rings (SSSR count). The molecular formula is C9H16N4. The Labute approximate surface area is 78.1 Å². The van der Waals surface area contributed by atoms with E-state index in [0.717, 1.165) is 0 Å². The van der Waals surface area contributed by atoms with Crippen LogP contribution in [-0.4, -0.2) is 9.78 Å². The fraction of sp³-hybridized carbons (Fsp3) is 0.667. The maximum absolute atomic E-state index is 5.55. The molecule has 1 aromatic rings. The molecule has 3 N–H and O–H groups in total. The molecule has 0 aliphatic heterocycles. The summed E-state index contributed by atoms with van der Waals surface area (Å²) in [6.45, 7) is 2.08. The lowest BCUT2D eigenvalue weighted by molar-refractivity contribution is 0.460. The smallest absolute Gasteiger partial charge is 0.0659 e. The summed E-state index contributed by atoms with van der Waals surface area (Å²) in [4.78, 5) is 0. The average molecular weight is 180 g/mol. The number of hydrazine groups is 1. The van der Waals surface area contributed by atoms with Crippen LogP contribution in [0.3, 0.4) is 0 Å². The molecule has 1 unspecified atom stereocenters. The van der Waals surface area contributed by atoms with Gasteiger partial charge in [0.2, 0.25) is 0 Å². The zero-order chi connectivity index (χ0) is 9.42. The van der Waals surface area contributed by atoms with Gasteiger partial charge in [-0.05, 0) is 31.2 Å². The minimum atomic E-state index is 0.285. The topological polar surface area (TPSA) is 55.9 Å². The zero-order valence-electron chi connectivity index (χ0n) is 8.12. The summed E-state index contributed by atoms with van der Waals surface area (Å²) in [6.07, 6.45) is 4.45. The first-order chi connectivity index (χ1) is 6.24. The van der Waals surface area contributed by atoms with Crippen LogP contribution in [-0.2, 0) is 7.05 Å². The number of nitrogens with zero attached hydrogens (tertiary/aromatic N) is 2. The third-order valence-corrected chi connectivity index (χ3v) is 2.74. The number of hydrogen-bond donors (Lipinski definition) is 2. The molecular weight excluding hydrogens is 164 g/mol. The minimum Gasteiger partial charge on any atom is -0.271 e. The second-order valence-corrected chi connectivity index (χ2v) is 3.82. The van der Waals surface area contributed by atoms with Gasteiger partial charge in [-0.3, -0.25) is 16.0 Å². The largest absolute Gasteiger partial charge is 0.271 e. The maximum Gasteiger partial charge on any atom is 0.0659 e. The third kappa shape index (κ3) is 1.47. The van der Waals surface area contributed by atoms with E-state index in [1.54, 1.807) is 0 Å². The van der Waals surface area contributed by atoms with Gasteiger partial charge in [0.25, 0.3) is 0 Å². The first-order valence-corrected chi connectivity index (χ1v) is 4.68. The summed E-state index contributed by atoms with van der Waals surface area (Å²) in [5, 5.41) is 4.22. The summed E-state index contributed by atoms with van der Waals surface area (Å²) in [7, 11) is 1.97. The van der Waals surface area contributed by atoms with E-state index in [2.05, 4.69) is 17.4 Å². The Morgan fingerprint density at radius 2 is 2.38 bits per heavy atom. The van der Waals surface area contributed by atoms with Crippen LogP contribution in [0.5, 0.6) is 0 Å². The first-order valence-electron chi connectivity index (χ1n) is 4.68. The lowest BCUT2D eigenvalue weighted by Gasteiger charge is -2.16. The highest BCUT2D eigenvalue weighted by Crippen LogP contribution is 2.41. The lowest BCUT2D eigenvalue weighted by Crippen LogP contribution is -2.31. The lowest BCUT2D eigenvalue weighted by atomic mass is 10.1. The van der Waals surface area contributed by atoms with Gasteiger partial charge in [-0.25, -0.2) is 0 Å². The molecule has 0 radical (unpaired) electrons. The number of aromatic nitrogens is 2. The summed E-state index contributed by atoms with van der Waals surface area (Å²) in [5.74, 6) is 6.26. The summed E-state index contributed by atoms with van der Waals surface area (Å²) in [5.41, 5.74) is 5.33. The van der Waals surface area contributed by atoms with E-state index in [9.17, 15) is 0 Å². The van der Waals surface area contributed by atoms with Crippen molar-refractivity contribution in [2.75, 3.05) is 0 Å². The molecule has 1 heterocycles. The molecule has 1 aliphatic carbocycles. The van der Waals surface area contributed by atoms with Crippen molar-refractivity contribution >= 4 is 0 Å². The van der Waals surface area contributed by atoms with Gasteiger partial charge in [0, 0.05) is 7.05 Å². The number of nitrogens with two attached hydrogens (primary N) is 1. The van der Waals surface area contributed by atoms with Gasteiger partial charge in [-0.2, -0.15) is 5.10 Å². The SMILES string of the molecule is Cc1cnn(C)c1C(NN)C1CC1. The maximum atomic E-state index is 5.55. The van der Waals surface area contributed by atoms with Crippen LogP contribution >= 0.6 is 0 Å². The standard InChI is InChI=1S/C9H16N4/c1-6-5-11-13(2)9(6)8(12-10)7-3-4-7/h5,7-8,12H,3-4,10H2,1-2H3. The molecule has 1 aliphatic rings. The monoisotopic (exact) mass is 180 g/mol. The predicted octanol–water partition coefficient (Wildman–Crippen LogP) is 0.643. The van der Waals surface area contributed by atoms with E-state index < -0.39 is 0 Å². The second-order valence-electron chi connectivity index (χ2n) is 3.82. The molecule has 0 saturated heterocycles. The van der Waals surface area contributed by atoms with Crippen molar-refractivity contribution in [1.82, 2.24) is 15.2 Å². The van der Waals surface area contributed by atoms with Crippen LogP contribution in [0.2, 0.25) is 0 Å². The van der Waals surface area contributed by atoms with E-state index in [4.69, 9.17) is 5.84 Å². The summed E-state index contributed by atoms with van der Waals surface area (Å²) in [6, 6.07) is 0.285. The summed E-state index contributed by atoms with van der Waals surface area (Å²) < 4.78 is 1.91. The quantitative estimate of drug-likeness (QED) is 0.530. The molecule has 0 amide bonds. The highest BCUT2D eigenvalue weighted by Gasteiger charge is 2.34.